The number of hydrogen-bond acceptors (Lipinski definition) is 16. The molecule has 2 aromatic rings. The molecule has 0 amide bonds. The van der Waals surface area contributed by atoms with Crippen molar-refractivity contribution < 1.29 is 77.0 Å². The van der Waals surface area contributed by atoms with Crippen LogP contribution in [-0.2, 0) is 53.8 Å². The third-order valence-electron chi connectivity index (χ3n) is 13.0. The number of aromatic hydroxyl groups is 1. The van der Waals surface area contributed by atoms with E-state index < -0.39 is 83.6 Å². The summed E-state index contributed by atoms with van der Waals surface area (Å²) in [6.45, 7) is 10.0. The first-order valence-electron chi connectivity index (χ1n) is 19.7. The van der Waals surface area contributed by atoms with E-state index in [0.717, 1.165) is 5.56 Å². The van der Waals surface area contributed by atoms with E-state index in [4.69, 9.17) is 52.1 Å². The van der Waals surface area contributed by atoms with Crippen molar-refractivity contribution in [1.29, 1.82) is 0 Å². The van der Waals surface area contributed by atoms with E-state index in [-0.39, 0.29) is 49.6 Å². The van der Waals surface area contributed by atoms with Gasteiger partial charge in [-0.3, -0.25) is 9.59 Å². The maximum atomic E-state index is 13.3. The van der Waals surface area contributed by atoms with Crippen LogP contribution >= 0.6 is 0 Å². The monoisotopic (exact) mass is 800 g/mol. The molecule has 57 heavy (non-hydrogen) atoms. The molecule has 9 rings (SSSR count). The lowest BCUT2D eigenvalue weighted by atomic mass is 9.78. The lowest BCUT2D eigenvalue weighted by Gasteiger charge is -2.50. The number of carbonyl (C=O) groups is 2. The van der Waals surface area contributed by atoms with Gasteiger partial charge in [-0.25, -0.2) is 0 Å². The Balaban J connectivity index is 0.976. The summed E-state index contributed by atoms with van der Waals surface area (Å²) >= 11 is 0. The molecule has 6 heterocycles. The number of benzene rings is 2. The van der Waals surface area contributed by atoms with Gasteiger partial charge in [-0.05, 0) is 59.1 Å². The summed E-state index contributed by atoms with van der Waals surface area (Å²) < 4.78 is 69.2. The predicted octanol–water partition coefficient (Wildman–Crippen LogP) is 3.55. The summed E-state index contributed by atoms with van der Waals surface area (Å²) in [6.07, 6.45) is -4.71. The van der Waals surface area contributed by atoms with Crippen LogP contribution < -0.4 is 9.47 Å². The van der Waals surface area contributed by atoms with Crippen molar-refractivity contribution in [3.8, 4) is 17.2 Å². The highest BCUT2D eigenvalue weighted by atomic mass is 16.8. The molecule has 0 saturated carbocycles. The average Bonchev–Trinajstić information content (AvgIpc) is 3.81. The number of rotatable bonds is 8. The van der Waals surface area contributed by atoms with Crippen molar-refractivity contribution in [2.24, 2.45) is 0 Å². The van der Waals surface area contributed by atoms with Crippen molar-refractivity contribution in [2.75, 3.05) is 27.4 Å². The van der Waals surface area contributed by atoms with E-state index in [1.54, 1.807) is 34.8 Å². The minimum atomic E-state index is -1.48. The number of aryl methyl sites for hydroxylation is 1. The Bertz CT molecular complexity index is 2010. The molecule has 1 aliphatic carbocycles. The molecule has 7 aliphatic rings. The third kappa shape index (κ3) is 5.85. The predicted molar refractivity (Wildman–Crippen MR) is 195 cm³/mol. The molecule has 11 unspecified atom stereocenters. The van der Waals surface area contributed by atoms with Gasteiger partial charge < -0.3 is 67.4 Å². The lowest BCUT2D eigenvalue weighted by Crippen LogP contribution is -2.68. The fourth-order valence-corrected chi connectivity index (χ4v) is 10.6. The first-order valence-corrected chi connectivity index (χ1v) is 19.7. The highest BCUT2D eigenvalue weighted by Crippen LogP contribution is 2.67. The number of aliphatic hydroxyl groups is 2. The van der Waals surface area contributed by atoms with Crippen molar-refractivity contribution in [1.82, 2.24) is 0 Å². The fraction of sp³-hybridized carbons (Fsp3) is 0.707. The molecule has 0 aromatic heterocycles. The summed E-state index contributed by atoms with van der Waals surface area (Å²) in [5, 5.41) is 35.7. The van der Waals surface area contributed by atoms with E-state index >= 15 is 0 Å². The number of methoxy groups -OCH3 is 2. The first-order chi connectivity index (χ1) is 26.9. The molecule has 6 aliphatic heterocycles. The van der Waals surface area contributed by atoms with Crippen LogP contribution in [0, 0.1) is 6.92 Å². The molecular weight excluding hydrogens is 748 g/mol. The summed E-state index contributed by atoms with van der Waals surface area (Å²) in [5.41, 5.74) is -1.52. The maximum Gasteiger partial charge on any atom is 0.303 e. The number of carbonyl (C=O) groups excluding carboxylic acids is 2. The minimum absolute atomic E-state index is 0.00354. The van der Waals surface area contributed by atoms with Crippen LogP contribution in [0.3, 0.4) is 0 Å². The van der Waals surface area contributed by atoms with E-state index in [0.29, 0.717) is 52.7 Å². The first kappa shape index (κ1) is 39.3. The number of esters is 1. The molecule has 3 N–H and O–H groups in total. The average molecular weight is 801 g/mol. The van der Waals surface area contributed by atoms with E-state index in [9.17, 15) is 24.9 Å². The summed E-state index contributed by atoms with van der Waals surface area (Å²) in [5.74, 6) is -2.83. The van der Waals surface area contributed by atoms with Crippen LogP contribution in [0.15, 0.2) is 6.07 Å². The van der Waals surface area contributed by atoms with Gasteiger partial charge in [-0.15, -0.1) is 0 Å². The van der Waals surface area contributed by atoms with Gasteiger partial charge in [-0.2, -0.15) is 0 Å². The number of ether oxygens (including phenoxy) is 11. The summed E-state index contributed by atoms with van der Waals surface area (Å²) in [7, 11) is 3.08. The van der Waals surface area contributed by atoms with Crippen molar-refractivity contribution in [3.05, 3.63) is 28.3 Å². The quantitative estimate of drug-likeness (QED) is 0.259. The Kier molecular flexibility index (Phi) is 9.08. The second-order valence-corrected chi connectivity index (χ2v) is 17.4. The Labute approximate surface area is 329 Å². The number of ketones is 1. The molecule has 16 nitrogen and oxygen atoms in total. The minimum Gasteiger partial charge on any atom is -0.506 e. The Morgan fingerprint density at radius 1 is 1.00 bits per heavy atom. The summed E-state index contributed by atoms with van der Waals surface area (Å²) in [4.78, 5) is 24.9. The normalized spacial score (nSPS) is 43.0. The molecule has 13 atom stereocenters. The van der Waals surface area contributed by atoms with Gasteiger partial charge in [0.2, 0.25) is 0 Å². The van der Waals surface area contributed by atoms with Gasteiger partial charge in [0.1, 0.15) is 41.7 Å². The fourth-order valence-electron chi connectivity index (χ4n) is 10.6. The zero-order chi connectivity index (χ0) is 40.6. The van der Waals surface area contributed by atoms with Crippen LogP contribution in [-0.4, -0.2) is 126 Å². The molecular formula is C41H52O16. The van der Waals surface area contributed by atoms with Crippen LogP contribution in [0.2, 0.25) is 0 Å². The second kappa shape index (κ2) is 13.2. The van der Waals surface area contributed by atoms with Gasteiger partial charge in [0, 0.05) is 56.2 Å². The van der Waals surface area contributed by atoms with Gasteiger partial charge in [0.15, 0.2) is 42.0 Å². The molecule has 1 spiro atoms. The van der Waals surface area contributed by atoms with E-state index in [1.165, 1.54) is 14.0 Å². The topological polar surface area (TPSA) is 200 Å². The van der Waals surface area contributed by atoms with Crippen molar-refractivity contribution in [2.45, 2.75) is 158 Å². The van der Waals surface area contributed by atoms with E-state index in [1.807, 2.05) is 13.0 Å². The van der Waals surface area contributed by atoms with Gasteiger partial charge in [0.25, 0.3) is 5.79 Å². The Hall–Kier alpha value is -3.16. The molecule has 0 radical (unpaired) electrons. The highest BCUT2D eigenvalue weighted by Gasteiger charge is 2.81. The Morgan fingerprint density at radius 3 is 2.33 bits per heavy atom. The number of hydrogen-bond donors (Lipinski definition) is 3. The Morgan fingerprint density at radius 2 is 1.68 bits per heavy atom. The molecule has 5 saturated heterocycles. The zero-order valence-corrected chi connectivity index (χ0v) is 33.5. The molecule has 2 bridgehead atoms. The SMILES string of the molecule is COc1c2c(c(O)c3c4c(c(C)cc13)C1OC3(COC5CC(C)(O)C(OC6CC(C)(O)C(OC(C)=O)C(C)O6)C(C)O5)C[C@]5(CO5)[C@](OC)(O4)C1O3)C(=O)CCC2. The molecule has 2 aromatic carbocycles. The van der Waals surface area contributed by atoms with Crippen LogP contribution in [0.4, 0.5) is 0 Å². The van der Waals surface area contributed by atoms with Crippen molar-refractivity contribution in [3.63, 3.8) is 0 Å². The number of Topliss-reactive ketones (excluding diaryl/α,β-unsaturated/α-hetero) is 1. The molecule has 16 heteroatoms. The molecule has 5 fully saturated rings. The van der Waals surface area contributed by atoms with E-state index in [2.05, 4.69) is 0 Å². The van der Waals surface area contributed by atoms with Gasteiger partial charge in [-0.1, -0.05) is 0 Å². The van der Waals surface area contributed by atoms with Crippen LogP contribution in [0.1, 0.15) is 99.9 Å². The smallest absolute Gasteiger partial charge is 0.303 e. The maximum absolute atomic E-state index is 13.3. The van der Waals surface area contributed by atoms with Gasteiger partial charge >= 0.3 is 5.97 Å². The van der Waals surface area contributed by atoms with Crippen molar-refractivity contribution >= 4 is 22.5 Å². The summed E-state index contributed by atoms with van der Waals surface area (Å²) in [6, 6.07) is 1.92. The second-order valence-electron chi connectivity index (χ2n) is 17.4. The van der Waals surface area contributed by atoms with Crippen LogP contribution in [0.25, 0.3) is 10.8 Å². The standard InChI is InChI=1S/C41H52O16/c1-18-12-23-29(30(44)28-22(31(23)47-7)10-9-11-24(28)43)32-27(18)33-36-41(48-8,56-32)39(16-50-39)15-40(55-33,57-36)17-49-25-13-37(5,45)35(20(3)51-25)54-26-14-38(6,46)34(19(2)52-26)53-21(4)42/h12,19-20,25-26,33-36,44-46H,9-11,13-17H2,1-8H3/t19?,20?,25?,26?,33?,34?,35?,36?,37?,38?,39-,40?,41+/m0/s1. The van der Waals surface area contributed by atoms with Crippen LogP contribution in [0.5, 0.6) is 17.2 Å². The largest absolute Gasteiger partial charge is 0.506 e. The number of fused-ring (bicyclic) bond motifs is 7. The third-order valence-corrected chi connectivity index (χ3v) is 13.0. The lowest BCUT2D eigenvalue weighted by molar-refractivity contribution is -0.357. The number of epoxide rings is 1. The van der Waals surface area contributed by atoms with Gasteiger partial charge in [0.05, 0.1) is 42.5 Å². The zero-order valence-electron chi connectivity index (χ0n) is 33.5. The highest BCUT2D eigenvalue weighted by molar-refractivity contribution is 6.11. The number of phenols is 1. The molecule has 312 valence electrons. The number of phenolic OH excluding ortho intramolecular Hbond substituents is 1.